The SMILES string of the molecule is O=C(Nc1cccc(C(F)(F)F)c1)c1cc(S(=O)(=O)N2CCSCC2)c[nH]1. The zero-order valence-corrected chi connectivity index (χ0v) is 15.5. The molecular weight excluding hydrogens is 403 g/mol. The lowest BCUT2D eigenvalue weighted by molar-refractivity contribution is -0.137. The fourth-order valence-corrected chi connectivity index (χ4v) is 5.13. The van der Waals surface area contributed by atoms with Crippen LogP contribution in [0.5, 0.6) is 0 Å². The van der Waals surface area contributed by atoms with Crippen molar-refractivity contribution in [2.24, 2.45) is 0 Å². The molecule has 1 aromatic carbocycles. The van der Waals surface area contributed by atoms with Gasteiger partial charge in [-0.25, -0.2) is 8.42 Å². The predicted octanol–water partition coefficient (Wildman–Crippen LogP) is 3.02. The number of amides is 1. The summed E-state index contributed by atoms with van der Waals surface area (Å²) in [5.74, 6) is 0.670. The lowest BCUT2D eigenvalue weighted by Crippen LogP contribution is -2.37. The first-order valence-corrected chi connectivity index (χ1v) is 10.5. The number of sulfonamides is 1. The Kier molecular flexibility index (Phi) is 5.54. The molecule has 1 aliphatic rings. The van der Waals surface area contributed by atoms with Gasteiger partial charge >= 0.3 is 6.18 Å². The van der Waals surface area contributed by atoms with Crippen molar-refractivity contribution in [1.82, 2.24) is 9.29 Å². The summed E-state index contributed by atoms with van der Waals surface area (Å²) in [6.07, 6.45) is -3.32. The third-order valence-corrected chi connectivity index (χ3v) is 6.78. The van der Waals surface area contributed by atoms with Gasteiger partial charge in [-0.3, -0.25) is 4.79 Å². The van der Waals surface area contributed by atoms with Gasteiger partial charge in [-0.15, -0.1) is 0 Å². The number of benzene rings is 1. The molecule has 2 aromatic rings. The van der Waals surface area contributed by atoms with E-state index >= 15 is 0 Å². The number of halogens is 3. The number of carbonyl (C=O) groups is 1. The molecule has 1 aliphatic heterocycles. The second-order valence-electron chi connectivity index (χ2n) is 5.80. The topological polar surface area (TPSA) is 82.3 Å². The highest BCUT2D eigenvalue weighted by Gasteiger charge is 2.31. The summed E-state index contributed by atoms with van der Waals surface area (Å²) in [6.45, 7) is 0.786. The normalized spacial score (nSPS) is 16.3. The number of rotatable bonds is 4. The number of hydrogen-bond acceptors (Lipinski definition) is 4. The molecule has 1 amide bonds. The van der Waals surface area contributed by atoms with E-state index in [4.69, 9.17) is 0 Å². The van der Waals surface area contributed by atoms with E-state index in [1.165, 1.54) is 28.7 Å². The van der Waals surface area contributed by atoms with Gasteiger partial charge in [-0.1, -0.05) is 6.07 Å². The molecule has 0 unspecified atom stereocenters. The summed E-state index contributed by atoms with van der Waals surface area (Å²) in [7, 11) is -3.71. The first kappa shape index (κ1) is 19.8. The fraction of sp³-hybridized carbons (Fsp3) is 0.312. The maximum Gasteiger partial charge on any atom is 0.416 e. The minimum atomic E-state index is -4.53. The van der Waals surface area contributed by atoms with E-state index in [2.05, 4.69) is 10.3 Å². The van der Waals surface area contributed by atoms with Gasteiger partial charge in [0.25, 0.3) is 5.91 Å². The molecule has 2 N–H and O–H groups in total. The summed E-state index contributed by atoms with van der Waals surface area (Å²) in [6, 6.07) is 5.38. The number of aromatic nitrogens is 1. The largest absolute Gasteiger partial charge is 0.416 e. The minimum absolute atomic E-state index is 0.0399. The van der Waals surface area contributed by atoms with E-state index in [1.807, 2.05) is 0 Å². The first-order valence-electron chi connectivity index (χ1n) is 7.93. The van der Waals surface area contributed by atoms with Gasteiger partial charge < -0.3 is 10.3 Å². The Morgan fingerprint density at radius 2 is 1.89 bits per heavy atom. The Hall–Kier alpha value is -1.98. The van der Waals surface area contributed by atoms with E-state index in [-0.39, 0.29) is 16.3 Å². The molecule has 1 aromatic heterocycles. The molecule has 0 saturated carbocycles. The quantitative estimate of drug-likeness (QED) is 0.798. The van der Waals surface area contributed by atoms with Crippen molar-refractivity contribution in [3.8, 4) is 0 Å². The zero-order valence-electron chi connectivity index (χ0n) is 13.9. The van der Waals surface area contributed by atoms with Gasteiger partial charge in [0.15, 0.2) is 0 Å². The number of aromatic amines is 1. The number of H-pyrrole nitrogens is 1. The van der Waals surface area contributed by atoms with Crippen LogP contribution < -0.4 is 5.32 Å². The number of thioether (sulfide) groups is 1. The second-order valence-corrected chi connectivity index (χ2v) is 8.96. The minimum Gasteiger partial charge on any atom is -0.356 e. The number of anilines is 1. The molecule has 0 aliphatic carbocycles. The molecular formula is C16H16F3N3O3S2. The van der Waals surface area contributed by atoms with Crippen molar-refractivity contribution in [1.29, 1.82) is 0 Å². The lowest BCUT2D eigenvalue weighted by Gasteiger charge is -2.24. The molecule has 11 heteroatoms. The van der Waals surface area contributed by atoms with E-state index in [0.29, 0.717) is 24.6 Å². The fourth-order valence-electron chi connectivity index (χ4n) is 2.56. The molecule has 1 saturated heterocycles. The monoisotopic (exact) mass is 419 g/mol. The summed E-state index contributed by atoms with van der Waals surface area (Å²) < 4.78 is 64.7. The van der Waals surface area contributed by atoms with E-state index < -0.39 is 27.7 Å². The van der Waals surface area contributed by atoms with Crippen LogP contribution in [0.25, 0.3) is 0 Å². The molecule has 1 fully saturated rings. The van der Waals surface area contributed by atoms with Crippen LogP contribution in [0.3, 0.4) is 0 Å². The Balaban J connectivity index is 1.76. The smallest absolute Gasteiger partial charge is 0.356 e. The predicted molar refractivity (Wildman–Crippen MR) is 96.3 cm³/mol. The third-order valence-electron chi connectivity index (χ3n) is 3.96. The van der Waals surface area contributed by atoms with Crippen molar-refractivity contribution in [2.45, 2.75) is 11.1 Å². The first-order chi connectivity index (χ1) is 12.7. The summed E-state index contributed by atoms with van der Waals surface area (Å²) >= 11 is 1.67. The van der Waals surface area contributed by atoms with Gasteiger partial charge in [0.1, 0.15) is 10.6 Å². The second kappa shape index (κ2) is 7.56. The van der Waals surface area contributed by atoms with Crippen LogP contribution in [0.15, 0.2) is 41.4 Å². The van der Waals surface area contributed by atoms with Gasteiger partial charge in [0, 0.05) is 36.5 Å². The number of carbonyl (C=O) groups excluding carboxylic acids is 1. The van der Waals surface area contributed by atoms with Crippen LogP contribution in [0.2, 0.25) is 0 Å². The van der Waals surface area contributed by atoms with Crippen LogP contribution in [0.1, 0.15) is 16.1 Å². The van der Waals surface area contributed by atoms with Crippen molar-refractivity contribution >= 4 is 33.4 Å². The van der Waals surface area contributed by atoms with Gasteiger partial charge in [0.05, 0.1) is 5.56 Å². The Morgan fingerprint density at radius 3 is 2.56 bits per heavy atom. The molecule has 3 rings (SSSR count). The van der Waals surface area contributed by atoms with Crippen LogP contribution in [0, 0.1) is 0 Å². The summed E-state index contributed by atoms with van der Waals surface area (Å²) in [5.41, 5.74) is -0.989. The van der Waals surface area contributed by atoms with Crippen LogP contribution in [-0.4, -0.2) is 48.2 Å². The van der Waals surface area contributed by atoms with E-state index in [9.17, 15) is 26.4 Å². The van der Waals surface area contributed by atoms with Crippen molar-refractivity contribution in [3.63, 3.8) is 0 Å². The number of hydrogen-bond donors (Lipinski definition) is 2. The Bertz CT molecular complexity index is 936. The van der Waals surface area contributed by atoms with Crippen LogP contribution in [0.4, 0.5) is 18.9 Å². The highest BCUT2D eigenvalue weighted by Crippen LogP contribution is 2.30. The lowest BCUT2D eigenvalue weighted by atomic mass is 10.2. The van der Waals surface area contributed by atoms with E-state index in [0.717, 1.165) is 12.1 Å². The molecule has 0 radical (unpaired) electrons. The highest BCUT2D eigenvalue weighted by molar-refractivity contribution is 7.99. The van der Waals surface area contributed by atoms with E-state index in [1.54, 1.807) is 11.8 Å². The molecule has 0 spiro atoms. The average molecular weight is 419 g/mol. The van der Waals surface area contributed by atoms with Crippen molar-refractivity contribution in [2.75, 3.05) is 29.9 Å². The summed E-state index contributed by atoms with van der Waals surface area (Å²) in [4.78, 5) is 14.8. The van der Waals surface area contributed by atoms with Gasteiger partial charge in [-0.2, -0.15) is 29.2 Å². The van der Waals surface area contributed by atoms with Gasteiger partial charge in [-0.05, 0) is 24.3 Å². The maximum absolute atomic E-state index is 12.7. The average Bonchev–Trinajstić information content (AvgIpc) is 3.13. The van der Waals surface area contributed by atoms with Crippen molar-refractivity contribution in [3.05, 3.63) is 47.8 Å². The molecule has 146 valence electrons. The van der Waals surface area contributed by atoms with Crippen molar-refractivity contribution < 1.29 is 26.4 Å². The zero-order chi connectivity index (χ0) is 19.7. The number of nitrogens with zero attached hydrogens (tertiary/aromatic N) is 1. The molecule has 6 nitrogen and oxygen atoms in total. The molecule has 0 bridgehead atoms. The molecule has 2 heterocycles. The maximum atomic E-state index is 12.7. The number of nitrogens with one attached hydrogen (secondary N) is 2. The summed E-state index contributed by atoms with van der Waals surface area (Å²) in [5, 5.41) is 2.33. The number of alkyl halides is 3. The Labute approximate surface area is 158 Å². The molecule has 27 heavy (non-hydrogen) atoms. The highest BCUT2D eigenvalue weighted by atomic mass is 32.2. The molecule has 0 atom stereocenters. The third kappa shape index (κ3) is 4.47. The van der Waals surface area contributed by atoms with Crippen LogP contribution >= 0.6 is 11.8 Å². The van der Waals surface area contributed by atoms with Gasteiger partial charge in [0.2, 0.25) is 10.0 Å². The van der Waals surface area contributed by atoms with Crippen LogP contribution in [-0.2, 0) is 16.2 Å². The Morgan fingerprint density at radius 1 is 1.19 bits per heavy atom. The standard InChI is InChI=1S/C16H16F3N3O3S2/c17-16(18,19)11-2-1-3-12(8-11)21-15(23)14-9-13(10-20-14)27(24,25)22-4-6-26-7-5-22/h1-3,8-10,20H,4-7H2,(H,21,23).